The summed E-state index contributed by atoms with van der Waals surface area (Å²) in [7, 11) is 0. The topological polar surface area (TPSA) is 66.1 Å². The van der Waals surface area contributed by atoms with E-state index in [0.29, 0.717) is 12.1 Å². The minimum absolute atomic E-state index is 0.0221. The minimum atomic E-state index is -1.04. The van der Waals surface area contributed by atoms with Gasteiger partial charge in [0.15, 0.2) is 11.6 Å². The quantitative estimate of drug-likeness (QED) is 0.699. The van der Waals surface area contributed by atoms with Crippen LogP contribution in [0.1, 0.15) is 23.1 Å². The van der Waals surface area contributed by atoms with Crippen LogP contribution in [0.4, 0.5) is 13.2 Å². The lowest BCUT2D eigenvalue weighted by Gasteiger charge is -2.26. The Morgan fingerprint density at radius 1 is 1.26 bits per heavy atom. The van der Waals surface area contributed by atoms with Crippen LogP contribution in [-0.4, -0.2) is 33.4 Å². The summed E-state index contributed by atoms with van der Waals surface area (Å²) in [6.07, 6.45) is 5.21. The SMILES string of the molecule is Cc1c(CC(=O)N2C[C@@H]3C[C@H]2C=C3c2cncc(F)c2)c(=O)[nH]c2ccc(F)c(F)c12. The molecule has 2 aromatic heterocycles. The second-order valence-corrected chi connectivity index (χ2v) is 8.08. The molecular weight excluding hydrogens is 407 g/mol. The van der Waals surface area contributed by atoms with Gasteiger partial charge in [0, 0.05) is 29.6 Å². The van der Waals surface area contributed by atoms with Gasteiger partial charge >= 0.3 is 0 Å². The van der Waals surface area contributed by atoms with Crippen molar-refractivity contribution in [1.29, 1.82) is 0 Å². The van der Waals surface area contributed by atoms with Crippen molar-refractivity contribution in [2.45, 2.75) is 25.8 Å². The Balaban J connectivity index is 1.43. The number of amides is 1. The largest absolute Gasteiger partial charge is 0.335 e. The summed E-state index contributed by atoms with van der Waals surface area (Å²) >= 11 is 0. The summed E-state index contributed by atoms with van der Waals surface area (Å²) in [6.45, 7) is 1.98. The minimum Gasteiger partial charge on any atom is -0.335 e. The number of carbonyl (C=O) groups excluding carboxylic acids is 1. The van der Waals surface area contributed by atoms with Gasteiger partial charge in [-0.05, 0) is 48.2 Å². The normalized spacial score (nSPS) is 19.9. The highest BCUT2D eigenvalue weighted by Crippen LogP contribution is 2.42. The number of aromatic nitrogens is 2. The summed E-state index contributed by atoms with van der Waals surface area (Å²) in [4.78, 5) is 33.6. The molecule has 5 rings (SSSR count). The predicted octanol–water partition coefficient (Wildman–Crippen LogP) is 3.51. The number of pyridine rings is 2. The molecule has 1 N–H and O–H groups in total. The molecule has 0 unspecified atom stereocenters. The zero-order valence-corrected chi connectivity index (χ0v) is 16.6. The van der Waals surface area contributed by atoms with Gasteiger partial charge in [0.05, 0.1) is 24.2 Å². The molecule has 1 aromatic carbocycles. The lowest BCUT2D eigenvalue weighted by Crippen LogP contribution is -2.38. The maximum absolute atomic E-state index is 14.3. The summed E-state index contributed by atoms with van der Waals surface area (Å²) in [5.41, 5.74) is 1.76. The van der Waals surface area contributed by atoms with E-state index in [9.17, 15) is 22.8 Å². The van der Waals surface area contributed by atoms with Crippen molar-refractivity contribution >= 4 is 22.4 Å². The Hall–Kier alpha value is -3.42. The first-order chi connectivity index (χ1) is 14.8. The molecule has 1 aliphatic carbocycles. The Bertz CT molecular complexity index is 1330. The molecule has 2 aliphatic rings. The zero-order valence-electron chi connectivity index (χ0n) is 16.6. The van der Waals surface area contributed by atoms with Crippen LogP contribution in [0.2, 0.25) is 0 Å². The maximum Gasteiger partial charge on any atom is 0.252 e. The highest BCUT2D eigenvalue weighted by Gasteiger charge is 2.41. The van der Waals surface area contributed by atoms with Gasteiger partial charge in [0.25, 0.3) is 5.56 Å². The highest BCUT2D eigenvalue weighted by molar-refractivity contribution is 5.87. The van der Waals surface area contributed by atoms with Gasteiger partial charge in [-0.2, -0.15) is 0 Å². The van der Waals surface area contributed by atoms with E-state index in [1.54, 1.807) is 11.1 Å². The number of aryl methyl sites for hydroxylation is 1. The second kappa shape index (κ2) is 7.08. The Morgan fingerprint density at radius 3 is 2.77 bits per heavy atom. The first-order valence-corrected chi connectivity index (χ1v) is 9.95. The number of likely N-dealkylation sites (tertiary alicyclic amines) is 1. The molecule has 2 bridgehead atoms. The van der Waals surface area contributed by atoms with Crippen molar-refractivity contribution in [2.75, 3.05) is 6.54 Å². The number of benzene rings is 1. The number of fused-ring (bicyclic) bond motifs is 3. The smallest absolute Gasteiger partial charge is 0.252 e. The molecule has 1 aliphatic heterocycles. The van der Waals surface area contributed by atoms with E-state index in [4.69, 9.17) is 0 Å². The monoisotopic (exact) mass is 425 g/mol. The first kappa shape index (κ1) is 19.5. The Kier molecular flexibility index (Phi) is 4.46. The fourth-order valence-corrected chi connectivity index (χ4v) is 4.79. The molecule has 0 saturated carbocycles. The van der Waals surface area contributed by atoms with Crippen molar-refractivity contribution in [1.82, 2.24) is 14.9 Å². The molecule has 158 valence electrons. The lowest BCUT2D eigenvalue weighted by atomic mass is 9.96. The van der Waals surface area contributed by atoms with Crippen LogP contribution in [0.25, 0.3) is 16.5 Å². The molecule has 1 saturated heterocycles. The van der Waals surface area contributed by atoms with Gasteiger partial charge in [-0.1, -0.05) is 6.08 Å². The number of carbonyl (C=O) groups is 1. The van der Waals surface area contributed by atoms with Crippen molar-refractivity contribution in [3.63, 3.8) is 0 Å². The number of halogens is 3. The van der Waals surface area contributed by atoms with Gasteiger partial charge in [-0.25, -0.2) is 13.2 Å². The van der Waals surface area contributed by atoms with Crippen LogP contribution in [0, 0.1) is 30.3 Å². The van der Waals surface area contributed by atoms with Crippen LogP contribution >= 0.6 is 0 Å². The second-order valence-electron chi connectivity index (χ2n) is 8.08. The molecule has 3 heterocycles. The molecular formula is C23H18F3N3O2. The van der Waals surface area contributed by atoms with Gasteiger partial charge in [-0.15, -0.1) is 0 Å². The van der Waals surface area contributed by atoms with E-state index in [1.807, 2.05) is 6.08 Å². The van der Waals surface area contributed by atoms with Gasteiger partial charge < -0.3 is 9.88 Å². The summed E-state index contributed by atoms with van der Waals surface area (Å²) < 4.78 is 41.5. The van der Waals surface area contributed by atoms with Gasteiger partial charge in [0.1, 0.15) is 5.82 Å². The fourth-order valence-electron chi connectivity index (χ4n) is 4.79. The Labute approximate surface area is 175 Å². The number of nitrogens with one attached hydrogen (secondary N) is 1. The van der Waals surface area contributed by atoms with E-state index in [2.05, 4.69) is 9.97 Å². The van der Waals surface area contributed by atoms with Crippen LogP contribution in [0.5, 0.6) is 0 Å². The predicted molar refractivity (Wildman–Crippen MR) is 109 cm³/mol. The number of rotatable bonds is 3. The van der Waals surface area contributed by atoms with Crippen LogP contribution in [-0.2, 0) is 11.2 Å². The average molecular weight is 425 g/mol. The standard InChI is InChI=1S/C23H18F3N3O2/c1-11-16(23(31)28-19-3-2-18(25)22(26)21(11)19)7-20(30)29-10-13-5-15(29)6-17(13)12-4-14(24)9-27-8-12/h2-4,6,8-9,13,15H,5,7,10H2,1H3,(H,28,31)/t13-,15-/m0/s1. The van der Waals surface area contributed by atoms with E-state index >= 15 is 0 Å². The number of hydrogen-bond acceptors (Lipinski definition) is 3. The van der Waals surface area contributed by atoms with Crippen LogP contribution in [0.15, 0.2) is 41.5 Å². The third-order valence-electron chi connectivity index (χ3n) is 6.29. The van der Waals surface area contributed by atoms with E-state index in [-0.39, 0.29) is 46.3 Å². The fraction of sp³-hybridized carbons (Fsp3) is 0.261. The third-order valence-corrected chi connectivity index (χ3v) is 6.29. The summed E-state index contributed by atoms with van der Waals surface area (Å²) in [5.74, 6) is -2.66. The van der Waals surface area contributed by atoms with Gasteiger partial charge in [-0.3, -0.25) is 14.6 Å². The molecule has 8 heteroatoms. The average Bonchev–Trinajstić information content (AvgIpc) is 3.35. The molecule has 1 amide bonds. The lowest BCUT2D eigenvalue weighted by molar-refractivity contribution is -0.130. The van der Waals surface area contributed by atoms with Crippen molar-refractivity contribution in [2.24, 2.45) is 5.92 Å². The zero-order chi connectivity index (χ0) is 21.9. The first-order valence-electron chi connectivity index (χ1n) is 9.95. The van der Waals surface area contributed by atoms with Crippen molar-refractivity contribution in [3.8, 4) is 0 Å². The number of aromatic amines is 1. The molecule has 0 spiro atoms. The molecule has 2 atom stereocenters. The van der Waals surface area contributed by atoms with E-state index < -0.39 is 23.0 Å². The van der Waals surface area contributed by atoms with Crippen molar-refractivity contribution in [3.05, 3.63) is 81.2 Å². The molecule has 3 aromatic rings. The molecule has 31 heavy (non-hydrogen) atoms. The third kappa shape index (κ3) is 3.13. The number of hydrogen-bond donors (Lipinski definition) is 1. The summed E-state index contributed by atoms with van der Waals surface area (Å²) in [6, 6.07) is 3.54. The number of nitrogens with zero attached hydrogens (tertiary/aromatic N) is 2. The maximum atomic E-state index is 14.3. The van der Waals surface area contributed by atoms with Crippen molar-refractivity contribution < 1.29 is 18.0 Å². The van der Waals surface area contributed by atoms with Crippen LogP contribution in [0.3, 0.4) is 0 Å². The van der Waals surface area contributed by atoms with Crippen LogP contribution < -0.4 is 5.56 Å². The van der Waals surface area contributed by atoms with Gasteiger partial charge in [0.2, 0.25) is 5.91 Å². The summed E-state index contributed by atoms with van der Waals surface area (Å²) in [5, 5.41) is -0.0221. The molecule has 0 radical (unpaired) electrons. The number of H-pyrrole nitrogens is 1. The highest BCUT2D eigenvalue weighted by atomic mass is 19.2. The molecule has 1 fully saturated rings. The Morgan fingerprint density at radius 2 is 2.06 bits per heavy atom. The van der Waals surface area contributed by atoms with E-state index in [0.717, 1.165) is 24.3 Å². The molecule has 5 nitrogen and oxygen atoms in total. The van der Waals surface area contributed by atoms with E-state index in [1.165, 1.54) is 19.1 Å².